The van der Waals surface area contributed by atoms with Gasteiger partial charge in [-0.05, 0) is 62.9 Å². The van der Waals surface area contributed by atoms with Crippen molar-refractivity contribution in [2.24, 2.45) is 4.99 Å². The Bertz CT molecular complexity index is 2220. The summed E-state index contributed by atoms with van der Waals surface area (Å²) in [6.07, 6.45) is 0. The Labute approximate surface area is 261 Å². The van der Waals surface area contributed by atoms with E-state index < -0.39 is 0 Å². The quantitative estimate of drug-likeness (QED) is 0.174. The number of hydrogen-bond donors (Lipinski definition) is 0. The molecule has 0 fully saturated rings. The lowest BCUT2D eigenvalue weighted by Crippen LogP contribution is -2.06. The largest absolute Gasteiger partial charge is 0.279 e. The minimum atomic E-state index is 0.605. The van der Waals surface area contributed by atoms with E-state index in [4.69, 9.17) is 4.99 Å². The van der Waals surface area contributed by atoms with Crippen LogP contribution in [0.3, 0.4) is 0 Å². The Balaban J connectivity index is 1.41. The lowest BCUT2D eigenvalue weighted by Gasteiger charge is -2.15. The van der Waals surface area contributed by atoms with Gasteiger partial charge in [0.2, 0.25) is 0 Å². The fourth-order valence-corrected chi connectivity index (χ4v) is 7.46. The van der Waals surface area contributed by atoms with Crippen molar-refractivity contribution in [2.45, 2.75) is 6.54 Å². The lowest BCUT2D eigenvalue weighted by molar-refractivity contribution is 1.07. The predicted molar refractivity (Wildman–Crippen MR) is 190 cm³/mol. The number of nitrogens with zero attached hydrogens (tertiary/aromatic N) is 1. The molecule has 208 valence electrons. The number of fused-ring (bicyclic) bond motifs is 5. The molecule has 0 amide bonds. The molecule has 1 aromatic heterocycles. The summed E-state index contributed by atoms with van der Waals surface area (Å²) in [6, 6.07) is 58.8. The zero-order valence-electron chi connectivity index (χ0n) is 24.2. The maximum absolute atomic E-state index is 5.42. The smallest absolute Gasteiger partial charge is 0.0730 e. The molecule has 1 nitrogen and oxygen atoms in total. The van der Waals surface area contributed by atoms with Crippen LogP contribution in [-0.2, 0) is 6.54 Å². The summed E-state index contributed by atoms with van der Waals surface area (Å²) >= 11 is 1.88. The molecule has 0 saturated heterocycles. The van der Waals surface area contributed by atoms with Gasteiger partial charge < -0.3 is 0 Å². The van der Waals surface area contributed by atoms with Crippen molar-refractivity contribution in [1.82, 2.24) is 0 Å². The molecule has 0 radical (unpaired) electrons. The van der Waals surface area contributed by atoms with E-state index in [1.54, 1.807) is 0 Å². The molecular weight excluding hydrogens is 551 g/mol. The highest BCUT2D eigenvalue weighted by Gasteiger charge is 2.18. The Hall–Kier alpha value is -5.31. The van der Waals surface area contributed by atoms with Gasteiger partial charge in [-0.3, -0.25) is 4.99 Å². The van der Waals surface area contributed by atoms with Gasteiger partial charge in [0.05, 0.1) is 12.3 Å². The van der Waals surface area contributed by atoms with Gasteiger partial charge in [-0.25, -0.2) is 0 Å². The second-order valence-electron chi connectivity index (χ2n) is 11.1. The van der Waals surface area contributed by atoms with Gasteiger partial charge in [0, 0.05) is 31.3 Å². The van der Waals surface area contributed by atoms with E-state index in [1.165, 1.54) is 64.3 Å². The summed E-state index contributed by atoms with van der Waals surface area (Å²) in [5.41, 5.74) is 9.26. The van der Waals surface area contributed by atoms with Gasteiger partial charge >= 0.3 is 0 Å². The standard InChI is InChI=1S/C42H29NS/c1-4-13-29(14-5-1)28-43-41(35-26-33(30-15-6-2-7-16-30)25-34(27-35)31-17-8-3-9-18-31)37-21-12-22-39-40(37)38-24-23-32-19-10-11-20-36(32)42(38)44-39/h1-27H,28H2. The highest BCUT2D eigenvalue weighted by atomic mass is 32.1. The van der Waals surface area contributed by atoms with Crippen LogP contribution in [0, 0.1) is 0 Å². The zero-order valence-corrected chi connectivity index (χ0v) is 25.0. The lowest BCUT2D eigenvalue weighted by atomic mass is 9.91. The van der Waals surface area contributed by atoms with E-state index in [0.29, 0.717) is 6.54 Å². The average Bonchev–Trinajstić information content (AvgIpc) is 3.49. The Morgan fingerprint density at radius 3 is 1.84 bits per heavy atom. The molecule has 0 N–H and O–H groups in total. The van der Waals surface area contributed by atoms with Crippen LogP contribution in [0.25, 0.3) is 53.2 Å². The van der Waals surface area contributed by atoms with Crippen LogP contribution in [0.5, 0.6) is 0 Å². The molecule has 44 heavy (non-hydrogen) atoms. The third-order valence-corrected chi connectivity index (χ3v) is 9.53. The molecule has 0 aliphatic heterocycles. The van der Waals surface area contributed by atoms with Crippen molar-refractivity contribution in [1.29, 1.82) is 0 Å². The fraction of sp³-hybridized carbons (Fsp3) is 0.0238. The molecule has 0 spiro atoms. The maximum Gasteiger partial charge on any atom is 0.0730 e. The molecule has 2 heteroatoms. The van der Waals surface area contributed by atoms with E-state index >= 15 is 0 Å². The summed E-state index contributed by atoms with van der Waals surface area (Å²) in [6.45, 7) is 0.605. The van der Waals surface area contributed by atoms with Gasteiger partial charge in [0.1, 0.15) is 0 Å². The van der Waals surface area contributed by atoms with Gasteiger partial charge in [0.15, 0.2) is 0 Å². The van der Waals surface area contributed by atoms with E-state index in [0.717, 1.165) is 11.3 Å². The minimum absolute atomic E-state index is 0.605. The zero-order chi connectivity index (χ0) is 29.3. The number of thiophene rings is 1. The van der Waals surface area contributed by atoms with Crippen molar-refractivity contribution < 1.29 is 0 Å². The number of aliphatic imine (C=N–C) groups is 1. The Morgan fingerprint density at radius 1 is 0.500 bits per heavy atom. The molecule has 8 rings (SSSR count). The van der Waals surface area contributed by atoms with Crippen molar-refractivity contribution >= 4 is 48.0 Å². The van der Waals surface area contributed by atoms with Crippen LogP contribution in [0.1, 0.15) is 16.7 Å². The van der Waals surface area contributed by atoms with Gasteiger partial charge in [-0.15, -0.1) is 11.3 Å². The molecule has 0 bridgehead atoms. The van der Waals surface area contributed by atoms with Crippen molar-refractivity contribution in [3.05, 3.63) is 180 Å². The molecule has 1 heterocycles. The third kappa shape index (κ3) is 4.90. The van der Waals surface area contributed by atoms with Crippen LogP contribution in [0.2, 0.25) is 0 Å². The topological polar surface area (TPSA) is 12.4 Å². The van der Waals surface area contributed by atoms with Gasteiger partial charge in [-0.2, -0.15) is 0 Å². The van der Waals surface area contributed by atoms with Crippen LogP contribution in [0.15, 0.2) is 169 Å². The SMILES string of the molecule is c1ccc(CN=C(c2cc(-c3ccccc3)cc(-c3ccccc3)c2)c2cccc3sc4c5ccccc5ccc4c23)cc1. The highest BCUT2D eigenvalue weighted by molar-refractivity contribution is 7.26. The molecule has 0 saturated carbocycles. The van der Waals surface area contributed by atoms with E-state index in [-0.39, 0.29) is 0 Å². The average molecular weight is 580 g/mol. The first kappa shape index (κ1) is 26.3. The maximum atomic E-state index is 5.42. The summed E-state index contributed by atoms with van der Waals surface area (Å²) in [7, 11) is 0. The Kier molecular flexibility index (Phi) is 6.83. The predicted octanol–water partition coefficient (Wildman–Crippen LogP) is 11.6. The molecule has 8 aromatic rings. The van der Waals surface area contributed by atoms with Gasteiger partial charge in [0.25, 0.3) is 0 Å². The number of rotatable bonds is 6. The monoisotopic (exact) mass is 579 g/mol. The summed E-state index contributed by atoms with van der Waals surface area (Å²) < 4.78 is 2.61. The fourth-order valence-electron chi connectivity index (χ4n) is 6.20. The minimum Gasteiger partial charge on any atom is -0.279 e. The highest BCUT2D eigenvalue weighted by Crippen LogP contribution is 2.41. The first-order valence-electron chi connectivity index (χ1n) is 15.0. The molecule has 0 aliphatic rings. The molecular formula is C42H29NS. The third-order valence-electron chi connectivity index (χ3n) is 8.33. The van der Waals surface area contributed by atoms with E-state index in [9.17, 15) is 0 Å². The van der Waals surface area contributed by atoms with Crippen LogP contribution in [-0.4, -0.2) is 5.71 Å². The number of benzene rings is 7. The van der Waals surface area contributed by atoms with Gasteiger partial charge in [-0.1, -0.05) is 140 Å². The Morgan fingerprint density at radius 2 is 1.14 bits per heavy atom. The van der Waals surface area contributed by atoms with Crippen molar-refractivity contribution in [2.75, 3.05) is 0 Å². The summed E-state index contributed by atoms with van der Waals surface area (Å²) in [5, 5.41) is 5.14. The van der Waals surface area contributed by atoms with Crippen LogP contribution >= 0.6 is 11.3 Å². The second kappa shape index (κ2) is 11.4. The van der Waals surface area contributed by atoms with Crippen molar-refractivity contribution in [3.8, 4) is 22.3 Å². The van der Waals surface area contributed by atoms with Crippen molar-refractivity contribution in [3.63, 3.8) is 0 Å². The van der Waals surface area contributed by atoms with E-state index in [2.05, 4.69) is 164 Å². The first-order chi connectivity index (χ1) is 21.8. The number of hydrogen-bond acceptors (Lipinski definition) is 2. The first-order valence-corrected chi connectivity index (χ1v) is 15.8. The summed E-state index contributed by atoms with van der Waals surface area (Å²) in [4.78, 5) is 5.42. The van der Waals surface area contributed by atoms with Crippen LogP contribution in [0.4, 0.5) is 0 Å². The van der Waals surface area contributed by atoms with Crippen LogP contribution < -0.4 is 0 Å². The second-order valence-corrected chi connectivity index (χ2v) is 12.2. The molecule has 0 unspecified atom stereocenters. The summed E-state index contributed by atoms with van der Waals surface area (Å²) in [5.74, 6) is 0. The molecule has 0 atom stereocenters. The molecule has 7 aromatic carbocycles. The normalized spacial score (nSPS) is 11.9. The molecule has 0 aliphatic carbocycles. The van der Waals surface area contributed by atoms with E-state index in [1.807, 2.05) is 11.3 Å².